The van der Waals surface area contributed by atoms with E-state index < -0.39 is 78.1 Å². The zero-order valence-electron chi connectivity index (χ0n) is 37.5. The Morgan fingerprint density at radius 2 is 0.978 bits per heavy atom. The maximum atomic E-state index is 9.56. The minimum Gasteiger partial charge on any atom is -0.456 e. The van der Waals surface area contributed by atoms with E-state index in [2.05, 4.69) is 0 Å². The maximum absolute atomic E-state index is 9.56. The van der Waals surface area contributed by atoms with E-state index in [4.69, 9.17) is 20.9 Å². The number of hydrogen-bond donors (Lipinski definition) is 0. The molecule has 0 aliphatic rings. The lowest BCUT2D eigenvalue weighted by Crippen LogP contribution is -1.91. The van der Waals surface area contributed by atoms with Crippen LogP contribution in [0.25, 0.3) is 88.0 Å². The van der Waals surface area contributed by atoms with Crippen molar-refractivity contribution in [2.24, 2.45) is 0 Å². The van der Waals surface area contributed by atoms with E-state index in [0.717, 1.165) is 11.1 Å². The van der Waals surface area contributed by atoms with Crippen molar-refractivity contribution in [3.63, 3.8) is 0 Å². The summed E-state index contributed by atoms with van der Waals surface area (Å²) in [5.74, 6) is 0. The highest BCUT2D eigenvalue weighted by Crippen LogP contribution is 2.47. The fourth-order valence-electron chi connectivity index (χ4n) is 6.24. The highest BCUT2D eigenvalue weighted by molar-refractivity contribution is 6.25. The van der Waals surface area contributed by atoms with Crippen LogP contribution in [0.3, 0.4) is 0 Å². The highest BCUT2D eigenvalue weighted by atomic mass is 16.3. The fourth-order valence-corrected chi connectivity index (χ4v) is 6.24. The Labute approximate surface area is 281 Å². The molecule has 1 heterocycles. The molecule has 0 amide bonds. The third kappa shape index (κ3) is 4.17. The van der Waals surface area contributed by atoms with Crippen molar-refractivity contribution < 1.29 is 23.6 Å². The Morgan fingerprint density at radius 1 is 0.400 bits per heavy atom. The summed E-state index contributed by atoms with van der Waals surface area (Å²) in [5.41, 5.74) is 2.60. The SMILES string of the molecule is [2H]c1c([2H])c([2H])c(-c2ccc3oc4cccc(-c5c6ccccc6c(-c6c([2H])c([2H])c([2H])c(-c7c([2H])c([2H])c([2H])c([2H])c7[2H])c6[2H])c6ccccc56)c4c3c2)c([2H])c1[2H]. The first-order chi connectivity index (χ1) is 28.1. The molecule has 0 aliphatic heterocycles. The lowest BCUT2D eigenvalue weighted by molar-refractivity contribution is 0.669. The molecule has 0 unspecified atom stereocenters. The Kier molecular flexibility index (Phi) is 3.50. The van der Waals surface area contributed by atoms with Gasteiger partial charge in [-0.2, -0.15) is 0 Å². The van der Waals surface area contributed by atoms with Gasteiger partial charge in [-0.25, -0.2) is 0 Å². The Bertz CT molecular complexity index is 3220. The van der Waals surface area contributed by atoms with E-state index in [-0.39, 0.29) is 28.8 Å². The second-order valence-electron chi connectivity index (χ2n) is 10.6. The molecule has 0 saturated carbocycles. The fraction of sp³-hybridized carbons (Fsp3) is 0. The van der Waals surface area contributed by atoms with Crippen molar-refractivity contribution >= 4 is 43.5 Å². The minimum atomic E-state index is -0.649. The van der Waals surface area contributed by atoms with E-state index in [0.29, 0.717) is 54.6 Å². The number of furan rings is 1. The zero-order chi connectivity index (χ0) is 41.9. The largest absolute Gasteiger partial charge is 0.456 e. The summed E-state index contributed by atoms with van der Waals surface area (Å²) in [6.07, 6.45) is 0. The van der Waals surface area contributed by atoms with Gasteiger partial charge >= 0.3 is 0 Å². The van der Waals surface area contributed by atoms with Gasteiger partial charge < -0.3 is 4.42 Å². The molecule has 0 N–H and O–H groups in total. The van der Waals surface area contributed by atoms with Crippen LogP contribution in [0.4, 0.5) is 0 Å². The van der Waals surface area contributed by atoms with E-state index in [1.54, 1.807) is 30.3 Å². The molecule has 9 aromatic rings. The molecular formula is C44H28O. The lowest BCUT2D eigenvalue weighted by Gasteiger charge is -2.18. The van der Waals surface area contributed by atoms with Gasteiger partial charge in [0.2, 0.25) is 0 Å². The van der Waals surface area contributed by atoms with Crippen LogP contribution in [0.15, 0.2) is 174 Å². The second-order valence-corrected chi connectivity index (χ2v) is 10.6. The number of rotatable bonds is 4. The standard InChI is InChI=1S/C44H28O/c1-3-13-29(14-4-1)31-17-11-18-33(27-31)42-34-19-7-9-21-36(34)43(37-22-10-8-20-35(37)42)38-23-12-24-41-44(38)39-28-32(25-26-40(39)45-41)30-15-5-2-6-16-30/h1-28H/i1D,2D,3D,4D,5D,6D,11D,13D,14D,15D,16D,17D,18D,27D. The van der Waals surface area contributed by atoms with Crippen LogP contribution in [0.5, 0.6) is 0 Å². The first-order valence-electron chi connectivity index (χ1n) is 21.3. The van der Waals surface area contributed by atoms with E-state index >= 15 is 0 Å². The summed E-state index contributed by atoms with van der Waals surface area (Å²) in [7, 11) is 0. The molecule has 45 heavy (non-hydrogen) atoms. The zero-order valence-corrected chi connectivity index (χ0v) is 23.5. The van der Waals surface area contributed by atoms with Crippen LogP contribution in [0.1, 0.15) is 19.2 Å². The van der Waals surface area contributed by atoms with Crippen LogP contribution in [0.2, 0.25) is 0 Å². The molecule has 0 aliphatic carbocycles. The predicted octanol–water partition coefficient (Wildman–Crippen LogP) is 12.6. The number of hydrogen-bond acceptors (Lipinski definition) is 1. The molecule has 0 saturated heterocycles. The summed E-state index contributed by atoms with van der Waals surface area (Å²) in [6.45, 7) is 0. The molecular weight excluding hydrogens is 544 g/mol. The monoisotopic (exact) mass is 586 g/mol. The molecule has 0 spiro atoms. The van der Waals surface area contributed by atoms with E-state index in [9.17, 15) is 2.74 Å². The molecule has 8 aromatic carbocycles. The number of fused-ring (bicyclic) bond motifs is 5. The summed E-state index contributed by atoms with van der Waals surface area (Å²) >= 11 is 0. The third-order valence-electron chi connectivity index (χ3n) is 8.11. The summed E-state index contributed by atoms with van der Waals surface area (Å²) in [6, 6.07) is 18.2. The molecule has 1 aromatic heterocycles. The average Bonchev–Trinajstić information content (AvgIpc) is 3.62. The molecule has 0 atom stereocenters. The van der Waals surface area contributed by atoms with Gasteiger partial charge in [0.25, 0.3) is 0 Å². The van der Waals surface area contributed by atoms with Gasteiger partial charge in [-0.15, -0.1) is 0 Å². The van der Waals surface area contributed by atoms with Gasteiger partial charge in [0.15, 0.2) is 0 Å². The van der Waals surface area contributed by atoms with E-state index in [1.807, 2.05) is 54.6 Å². The summed E-state index contributed by atoms with van der Waals surface area (Å²) < 4.78 is 127. The van der Waals surface area contributed by atoms with Crippen molar-refractivity contribution in [3.8, 4) is 44.5 Å². The van der Waals surface area contributed by atoms with Gasteiger partial charge in [-0.05, 0) is 90.3 Å². The van der Waals surface area contributed by atoms with Crippen LogP contribution >= 0.6 is 0 Å². The minimum absolute atomic E-state index is 0.0398. The van der Waals surface area contributed by atoms with Crippen molar-refractivity contribution in [3.05, 3.63) is 170 Å². The molecule has 9 rings (SSSR count). The number of benzene rings is 8. The molecule has 210 valence electrons. The van der Waals surface area contributed by atoms with Crippen molar-refractivity contribution in [2.75, 3.05) is 0 Å². The Balaban J connectivity index is 1.39. The molecule has 1 nitrogen and oxygen atoms in total. The first kappa shape index (κ1) is 15.2. The Hall–Kier alpha value is -5.92. The van der Waals surface area contributed by atoms with Gasteiger partial charge in [-0.3, -0.25) is 0 Å². The predicted molar refractivity (Wildman–Crippen MR) is 190 cm³/mol. The van der Waals surface area contributed by atoms with Crippen LogP contribution in [0, 0.1) is 0 Å². The Morgan fingerprint density at radius 3 is 1.64 bits per heavy atom. The lowest BCUT2D eigenvalue weighted by atomic mass is 9.84. The smallest absolute Gasteiger partial charge is 0.136 e. The molecule has 1 heteroatoms. The van der Waals surface area contributed by atoms with Crippen molar-refractivity contribution in [1.29, 1.82) is 0 Å². The van der Waals surface area contributed by atoms with Crippen molar-refractivity contribution in [2.45, 2.75) is 0 Å². The summed E-state index contributed by atoms with van der Waals surface area (Å²) in [5, 5.41) is 3.86. The average molecular weight is 587 g/mol. The van der Waals surface area contributed by atoms with Crippen LogP contribution in [-0.2, 0) is 0 Å². The molecule has 0 fully saturated rings. The van der Waals surface area contributed by atoms with Crippen molar-refractivity contribution in [1.82, 2.24) is 0 Å². The highest BCUT2D eigenvalue weighted by Gasteiger charge is 2.20. The normalized spacial score (nSPS) is 15.9. The molecule has 0 radical (unpaired) electrons. The van der Waals surface area contributed by atoms with Gasteiger partial charge in [0.1, 0.15) is 11.2 Å². The van der Waals surface area contributed by atoms with Gasteiger partial charge in [0, 0.05) is 10.8 Å². The molecule has 0 bridgehead atoms. The first-order valence-corrected chi connectivity index (χ1v) is 14.3. The topological polar surface area (TPSA) is 13.1 Å². The quantitative estimate of drug-likeness (QED) is 0.187. The van der Waals surface area contributed by atoms with Crippen LogP contribution < -0.4 is 0 Å². The van der Waals surface area contributed by atoms with Crippen LogP contribution in [-0.4, -0.2) is 0 Å². The second kappa shape index (κ2) is 10.4. The van der Waals surface area contributed by atoms with Gasteiger partial charge in [0.05, 0.1) is 19.2 Å². The maximum Gasteiger partial charge on any atom is 0.136 e. The van der Waals surface area contributed by atoms with E-state index in [1.165, 1.54) is 0 Å². The summed E-state index contributed by atoms with van der Waals surface area (Å²) in [4.78, 5) is 0. The third-order valence-corrected chi connectivity index (χ3v) is 8.11. The van der Waals surface area contributed by atoms with Gasteiger partial charge in [-0.1, -0.05) is 145 Å².